The highest BCUT2D eigenvalue weighted by Crippen LogP contribution is 2.43. The lowest BCUT2D eigenvalue weighted by Gasteiger charge is -2.20. The fourth-order valence-electron chi connectivity index (χ4n) is 3.95. The van der Waals surface area contributed by atoms with Crippen molar-refractivity contribution >= 4 is 40.1 Å². The van der Waals surface area contributed by atoms with Gasteiger partial charge in [-0.15, -0.1) is 11.3 Å². The number of nitrogen functional groups attached to an aromatic ring is 1. The number of imidazole rings is 1. The number of hydrogen-bond donors (Lipinski definition) is 2. The van der Waals surface area contributed by atoms with Crippen molar-refractivity contribution in [2.24, 2.45) is 0 Å². The van der Waals surface area contributed by atoms with Crippen molar-refractivity contribution in [3.05, 3.63) is 35.1 Å². The molecule has 0 fully saturated rings. The Labute approximate surface area is 207 Å². The maximum absolute atomic E-state index is 6.16. The second-order valence-corrected chi connectivity index (χ2v) is 11.7. The Morgan fingerprint density at radius 2 is 2.09 bits per heavy atom. The van der Waals surface area contributed by atoms with Gasteiger partial charge in [-0.1, -0.05) is 11.8 Å². The first-order chi connectivity index (χ1) is 16.3. The zero-order valence-electron chi connectivity index (χ0n) is 19.9. The van der Waals surface area contributed by atoms with E-state index in [0.717, 1.165) is 58.0 Å². The van der Waals surface area contributed by atoms with E-state index in [9.17, 15) is 0 Å². The molecule has 3 N–H and O–H groups in total. The molecule has 0 spiro atoms. The van der Waals surface area contributed by atoms with Gasteiger partial charge < -0.3 is 20.4 Å². The Kier molecular flexibility index (Phi) is 6.22. The van der Waals surface area contributed by atoms with Gasteiger partial charge in [0.25, 0.3) is 0 Å². The van der Waals surface area contributed by atoms with E-state index in [1.54, 1.807) is 23.1 Å². The number of anilines is 1. The quantitative estimate of drug-likeness (QED) is 0.356. The molecule has 0 unspecified atom stereocenters. The third-order valence-corrected chi connectivity index (χ3v) is 7.58. The third kappa shape index (κ3) is 4.75. The standard InChI is InChI=1S/C24H29N7OS2/c1-14-12-26-22(33-14)16-10-15-6-9-32-17(15)11-18(16)34-23-30-19-20(25)27-13-28-21(19)31(23)8-5-7-29-24(2,3)4/h10-13,29H,5-9H2,1-4H3,(H2,25,27,28). The largest absolute Gasteiger partial charge is 0.493 e. The summed E-state index contributed by atoms with van der Waals surface area (Å²) in [5.41, 5.74) is 9.97. The summed E-state index contributed by atoms with van der Waals surface area (Å²) in [6.45, 7) is 11.0. The average Bonchev–Trinajstić information content (AvgIpc) is 3.49. The Morgan fingerprint density at radius 3 is 2.85 bits per heavy atom. The van der Waals surface area contributed by atoms with E-state index in [1.165, 1.54) is 16.8 Å². The van der Waals surface area contributed by atoms with Crippen molar-refractivity contribution in [1.82, 2.24) is 29.8 Å². The van der Waals surface area contributed by atoms with Crippen LogP contribution in [0.5, 0.6) is 5.75 Å². The summed E-state index contributed by atoms with van der Waals surface area (Å²) in [6, 6.07) is 4.34. The first-order valence-electron chi connectivity index (χ1n) is 11.4. The van der Waals surface area contributed by atoms with Gasteiger partial charge in [-0.3, -0.25) is 0 Å². The van der Waals surface area contributed by atoms with Crippen LogP contribution in [-0.2, 0) is 13.0 Å². The molecule has 8 nitrogen and oxygen atoms in total. The van der Waals surface area contributed by atoms with Crippen LogP contribution >= 0.6 is 23.1 Å². The van der Waals surface area contributed by atoms with E-state index in [4.69, 9.17) is 15.5 Å². The predicted octanol–water partition coefficient (Wildman–Crippen LogP) is 4.70. The van der Waals surface area contributed by atoms with Crippen LogP contribution in [0, 0.1) is 6.92 Å². The van der Waals surface area contributed by atoms with Crippen molar-refractivity contribution in [3.63, 3.8) is 0 Å². The van der Waals surface area contributed by atoms with Gasteiger partial charge in [0.1, 0.15) is 17.1 Å². The second kappa shape index (κ2) is 9.16. The van der Waals surface area contributed by atoms with Crippen molar-refractivity contribution < 1.29 is 4.74 Å². The zero-order valence-corrected chi connectivity index (χ0v) is 21.5. The molecule has 0 amide bonds. The molecule has 0 saturated carbocycles. The van der Waals surface area contributed by atoms with E-state index >= 15 is 0 Å². The molecule has 0 atom stereocenters. The molecule has 1 aliphatic rings. The molecule has 4 heterocycles. The number of nitrogens with zero attached hydrogens (tertiary/aromatic N) is 5. The topological polar surface area (TPSA) is 104 Å². The highest BCUT2D eigenvalue weighted by atomic mass is 32.2. The van der Waals surface area contributed by atoms with Crippen LogP contribution in [0.15, 0.2) is 34.7 Å². The molecular weight excluding hydrogens is 466 g/mol. The van der Waals surface area contributed by atoms with E-state index in [2.05, 4.69) is 64.7 Å². The van der Waals surface area contributed by atoms with Gasteiger partial charge in [0.2, 0.25) is 0 Å². The summed E-state index contributed by atoms with van der Waals surface area (Å²) in [6.07, 6.45) is 5.28. The number of ether oxygens (including phenoxy) is 1. The number of benzene rings is 1. The van der Waals surface area contributed by atoms with Gasteiger partial charge in [-0.25, -0.2) is 19.9 Å². The van der Waals surface area contributed by atoms with Crippen LogP contribution in [0.25, 0.3) is 21.7 Å². The smallest absolute Gasteiger partial charge is 0.175 e. The minimum Gasteiger partial charge on any atom is -0.493 e. The van der Waals surface area contributed by atoms with Gasteiger partial charge in [0.05, 0.1) is 6.61 Å². The van der Waals surface area contributed by atoms with Gasteiger partial charge in [0, 0.05) is 40.0 Å². The molecule has 178 valence electrons. The molecule has 10 heteroatoms. The zero-order chi connectivity index (χ0) is 23.9. The van der Waals surface area contributed by atoms with E-state index in [-0.39, 0.29) is 5.54 Å². The van der Waals surface area contributed by atoms with Crippen LogP contribution in [-0.4, -0.2) is 43.2 Å². The van der Waals surface area contributed by atoms with Crippen LogP contribution in [0.4, 0.5) is 5.82 Å². The van der Waals surface area contributed by atoms with Crippen LogP contribution < -0.4 is 15.8 Å². The summed E-state index contributed by atoms with van der Waals surface area (Å²) < 4.78 is 8.03. The van der Waals surface area contributed by atoms with E-state index < -0.39 is 0 Å². The SMILES string of the molecule is Cc1cnc(-c2cc3c(cc2Sc2nc4c(N)ncnc4n2CCCNC(C)(C)C)OCC3)s1. The lowest BCUT2D eigenvalue weighted by molar-refractivity contribution is 0.356. The van der Waals surface area contributed by atoms with Gasteiger partial charge in [0.15, 0.2) is 22.1 Å². The number of fused-ring (bicyclic) bond motifs is 2. The Morgan fingerprint density at radius 1 is 1.24 bits per heavy atom. The maximum atomic E-state index is 6.16. The number of nitrogens with one attached hydrogen (secondary N) is 1. The highest BCUT2D eigenvalue weighted by Gasteiger charge is 2.22. The Balaban J connectivity index is 1.53. The number of rotatable bonds is 7. The average molecular weight is 496 g/mol. The second-order valence-electron chi connectivity index (χ2n) is 9.44. The first kappa shape index (κ1) is 23.1. The fraction of sp³-hybridized carbons (Fsp3) is 0.417. The summed E-state index contributed by atoms with van der Waals surface area (Å²) in [5, 5.41) is 5.40. The summed E-state index contributed by atoms with van der Waals surface area (Å²) in [5.74, 6) is 1.34. The molecule has 1 aliphatic heterocycles. The van der Waals surface area contributed by atoms with E-state index in [0.29, 0.717) is 17.9 Å². The van der Waals surface area contributed by atoms with Crippen molar-refractivity contribution in [2.75, 3.05) is 18.9 Å². The van der Waals surface area contributed by atoms with E-state index in [1.807, 2.05) is 6.20 Å². The number of hydrogen-bond acceptors (Lipinski definition) is 9. The Bertz CT molecular complexity index is 1340. The number of nitrogens with two attached hydrogens (primary N) is 1. The van der Waals surface area contributed by atoms with Crippen LogP contribution in [0.1, 0.15) is 37.6 Å². The Hall–Kier alpha value is -2.69. The normalized spacial score (nSPS) is 13.4. The number of aryl methyl sites for hydroxylation is 2. The molecule has 0 aliphatic carbocycles. The lowest BCUT2D eigenvalue weighted by Crippen LogP contribution is -2.36. The maximum Gasteiger partial charge on any atom is 0.175 e. The van der Waals surface area contributed by atoms with Crippen molar-refractivity contribution in [1.29, 1.82) is 0 Å². The van der Waals surface area contributed by atoms with Gasteiger partial charge >= 0.3 is 0 Å². The van der Waals surface area contributed by atoms with Gasteiger partial charge in [-0.05, 0) is 58.4 Å². The van der Waals surface area contributed by atoms with Crippen LogP contribution in [0.3, 0.4) is 0 Å². The van der Waals surface area contributed by atoms with Crippen molar-refractivity contribution in [2.45, 2.75) is 62.7 Å². The number of thiazole rings is 1. The summed E-state index contributed by atoms with van der Waals surface area (Å²) >= 11 is 3.30. The molecule has 0 radical (unpaired) electrons. The summed E-state index contributed by atoms with van der Waals surface area (Å²) in [4.78, 5) is 20.4. The number of aromatic nitrogens is 5. The molecule has 0 saturated heterocycles. The van der Waals surface area contributed by atoms with Crippen LogP contribution in [0.2, 0.25) is 0 Å². The fourth-order valence-corrected chi connectivity index (χ4v) is 5.86. The first-order valence-corrected chi connectivity index (χ1v) is 13.0. The highest BCUT2D eigenvalue weighted by molar-refractivity contribution is 7.99. The predicted molar refractivity (Wildman–Crippen MR) is 138 cm³/mol. The summed E-state index contributed by atoms with van der Waals surface area (Å²) in [7, 11) is 0. The van der Waals surface area contributed by atoms with Gasteiger partial charge in [-0.2, -0.15) is 0 Å². The van der Waals surface area contributed by atoms with Crippen molar-refractivity contribution in [3.8, 4) is 16.3 Å². The molecule has 0 bridgehead atoms. The molecule has 5 rings (SSSR count). The monoisotopic (exact) mass is 495 g/mol. The lowest BCUT2D eigenvalue weighted by atomic mass is 10.1. The minimum absolute atomic E-state index is 0.0757. The minimum atomic E-state index is 0.0757. The molecule has 3 aromatic heterocycles. The molecule has 4 aromatic rings. The molecular formula is C24H29N7OS2. The molecule has 1 aromatic carbocycles. The molecule has 34 heavy (non-hydrogen) atoms. The third-order valence-electron chi connectivity index (χ3n) is 5.58.